The van der Waals surface area contributed by atoms with Gasteiger partial charge in [0.15, 0.2) is 5.82 Å². The van der Waals surface area contributed by atoms with Gasteiger partial charge in [0.05, 0.1) is 0 Å². The SMILES string of the molecule is CC.Cc1cccc(C)c1-c1nc(Cl)cc(C2CCC2)n1. The minimum atomic E-state index is 0.551. The summed E-state index contributed by atoms with van der Waals surface area (Å²) in [4.78, 5) is 9.17. The Balaban J connectivity index is 0.000000774. The van der Waals surface area contributed by atoms with Crippen molar-refractivity contribution in [3.8, 4) is 11.4 Å². The normalized spacial score (nSPS) is 14.1. The highest BCUT2D eigenvalue weighted by molar-refractivity contribution is 6.29. The maximum absolute atomic E-state index is 6.18. The fourth-order valence-electron chi connectivity index (χ4n) is 2.63. The van der Waals surface area contributed by atoms with Gasteiger partial charge in [0.1, 0.15) is 5.15 Å². The Morgan fingerprint density at radius 2 is 1.67 bits per heavy atom. The first-order chi connectivity index (χ1) is 10.1. The summed E-state index contributed by atoms with van der Waals surface area (Å²) in [7, 11) is 0. The summed E-state index contributed by atoms with van der Waals surface area (Å²) in [6.45, 7) is 8.19. The quantitative estimate of drug-likeness (QED) is 0.664. The number of hydrogen-bond acceptors (Lipinski definition) is 2. The molecule has 3 heteroatoms. The summed E-state index contributed by atoms with van der Waals surface area (Å²) < 4.78 is 0. The van der Waals surface area contributed by atoms with Crippen LogP contribution in [-0.2, 0) is 0 Å². The largest absolute Gasteiger partial charge is 0.233 e. The lowest BCUT2D eigenvalue weighted by Crippen LogP contribution is -2.11. The van der Waals surface area contributed by atoms with E-state index in [9.17, 15) is 0 Å². The molecular formula is C18H23ClN2. The van der Waals surface area contributed by atoms with Crippen molar-refractivity contribution in [2.24, 2.45) is 0 Å². The third kappa shape index (κ3) is 3.44. The minimum Gasteiger partial charge on any atom is -0.233 e. The molecule has 2 nitrogen and oxygen atoms in total. The van der Waals surface area contributed by atoms with Crippen LogP contribution in [0, 0.1) is 13.8 Å². The predicted molar refractivity (Wildman–Crippen MR) is 89.9 cm³/mol. The van der Waals surface area contributed by atoms with Crippen molar-refractivity contribution < 1.29 is 0 Å². The Hall–Kier alpha value is -1.41. The van der Waals surface area contributed by atoms with E-state index in [4.69, 9.17) is 16.6 Å². The number of halogens is 1. The second kappa shape index (κ2) is 7.04. The maximum Gasteiger partial charge on any atom is 0.161 e. The van der Waals surface area contributed by atoms with Crippen LogP contribution in [-0.4, -0.2) is 9.97 Å². The van der Waals surface area contributed by atoms with Crippen LogP contribution in [0.5, 0.6) is 0 Å². The van der Waals surface area contributed by atoms with Gasteiger partial charge in [-0.15, -0.1) is 0 Å². The van der Waals surface area contributed by atoms with E-state index < -0.39 is 0 Å². The van der Waals surface area contributed by atoms with Gasteiger partial charge in [-0.1, -0.05) is 50.1 Å². The molecule has 2 aromatic rings. The molecule has 0 atom stereocenters. The molecular weight excluding hydrogens is 280 g/mol. The van der Waals surface area contributed by atoms with Gasteiger partial charge in [-0.2, -0.15) is 0 Å². The fraction of sp³-hybridized carbons (Fsp3) is 0.444. The molecule has 1 aliphatic carbocycles. The summed E-state index contributed by atoms with van der Waals surface area (Å²) in [6.07, 6.45) is 3.74. The predicted octanol–water partition coefficient (Wildman–Crippen LogP) is 5.71. The first-order valence-corrected chi connectivity index (χ1v) is 8.14. The van der Waals surface area contributed by atoms with E-state index in [0.29, 0.717) is 11.1 Å². The van der Waals surface area contributed by atoms with Gasteiger partial charge in [-0.05, 0) is 43.9 Å². The van der Waals surface area contributed by atoms with E-state index >= 15 is 0 Å². The lowest BCUT2D eigenvalue weighted by molar-refractivity contribution is 0.411. The second-order valence-corrected chi connectivity index (χ2v) is 5.72. The van der Waals surface area contributed by atoms with Gasteiger partial charge in [-0.3, -0.25) is 0 Å². The Morgan fingerprint density at radius 3 is 2.19 bits per heavy atom. The molecule has 1 aromatic heterocycles. The zero-order chi connectivity index (χ0) is 15.4. The third-order valence-corrected chi connectivity index (χ3v) is 4.14. The number of hydrogen-bond donors (Lipinski definition) is 0. The molecule has 0 amide bonds. The monoisotopic (exact) mass is 302 g/mol. The highest BCUT2D eigenvalue weighted by Gasteiger charge is 2.22. The van der Waals surface area contributed by atoms with Crippen LogP contribution in [0.4, 0.5) is 0 Å². The van der Waals surface area contributed by atoms with Crippen LogP contribution in [0.1, 0.15) is 55.8 Å². The minimum absolute atomic E-state index is 0.551. The van der Waals surface area contributed by atoms with Crippen LogP contribution < -0.4 is 0 Å². The van der Waals surface area contributed by atoms with E-state index in [1.165, 1.54) is 30.4 Å². The van der Waals surface area contributed by atoms with Crippen molar-refractivity contribution in [3.63, 3.8) is 0 Å². The summed E-state index contributed by atoms with van der Waals surface area (Å²) >= 11 is 6.18. The molecule has 0 spiro atoms. The molecule has 1 heterocycles. The maximum atomic E-state index is 6.18. The number of benzene rings is 1. The van der Waals surface area contributed by atoms with E-state index in [1.807, 2.05) is 19.9 Å². The highest BCUT2D eigenvalue weighted by Crippen LogP contribution is 2.37. The van der Waals surface area contributed by atoms with Gasteiger partial charge in [0, 0.05) is 17.2 Å². The summed E-state index contributed by atoms with van der Waals surface area (Å²) in [5, 5.41) is 0.551. The first-order valence-electron chi connectivity index (χ1n) is 7.76. The molecule has 0 radical (unpaired) electrons. The zero-order valence-electron chi connectivity index (χ0n) is 13.3. The molecule has 0 bridgehead atoms. The highest BCUT2D eigenvalue weighted by atomic mass is 35.5. The van der Waals surface area contributed by atoms with Gasteiger partial charge < -0.3 is 0 Å². The summed E-state index contributed by atoms with van der Waals surface area (Å²) in [5.41, 5.74) is 4.61. The van der Waals surface area contributed by atoms with Crippen molar-refractivity contribution in [2.75, 3.05) is 0 Å². The molecule has 0 aliphatic heterocycles. The van der Waals surface area contributed by atoms with E-state index in [2.05, 4.69) is 37.0 Å². The molecule has 1 saturated carbocycles. The van der Waals surface area contributed by atoms with Crippen molar-refractivity contribution in [3.05, 3.63) is 46.2 Å². The molecule has 1 fully saturated rings. The lowest BCUT2D eigenvalue weighted by Gasteiger charge is -2.25. The van der Waals surface area contributed by atoms with Crippen LogP contribution in [0.25, 0.3) is 11.4 Å². The van der Waals surface area contributed by atoms with Crippen molar-refractivity contribution in [1.82, 2.24) is 9.97 Å². The standard InChI is InChI=1S/C16H17ClN2.C2H6/c1-10-5-3-6-11(2)15(10)16-18-13(9-14(17)19-16)12-7-4-8-12;1-2/h3,5-6,9,12H,4,7-8H2,1-2H3;1-2H3. The topological polar surface area (TPSA) is 25.8 Å². The number of rotatable bonds is 2. The number of nitrogens with zero attached hydrogens (tertiary/aromatic N) is 2. The molecule has 0 N–H and O–H groups in total. The molecule has 1 aromatic carbocycles. The van der Waals surface area contributed by atoms with Gasteiger partial charge in [0.25, 0.3) is 0 Å². The zero-order valence-corrected chi connectivity index (χ0v) is 14.0. The summed E-state index contributed by atoms with van der Waals surface area (Å²) in [6, 6.07) is 8.17. The van der Waals surface area contributed by atoms with Crippen molar-refractivity contribution in [1.29, 1.82) is 0 Å². The van der Waals surface area contributed by atoms with E-state index in [-0.39, 0.29) is 0 Å². The van der Waals surface area contributed by atoms with E-state index in [0.717, 1.165) is 17.1 Å². The number of aryl methyl sites for hydroxylation is 2. The molecule has 112 valence electrons. The second-order valence-electron chi connectivity index (χ2n) is 5.33. The molecule has 21 heavy (non-hydrogen) atoms. The van der Waals surface area contributed by atoms with Crippen LogP contribution in [0.2, 0.25) is 5.15 Å². The van der Waals surface area contributed by atoms with Crippen LogP contribution >= 0.6 is 11.6 Å². The first kappa shape index (κ1) is 16.0. The molecule has 0 unspecified atom stereocenters. The number of aromatic nitrogens is 2. The Morgan fingerprint density at radius 1 is 1.05 bits per heavy atom. The Kier molecular flexibility index (Phi) is 5.35. The Bertz CT molecular complexity index is 598. The molecule has 0 saturated heterocycles. The van der Waals surface area contributed by atoms with Crippen molar-refractivity contribution >= 4 is 11.6 Å². The fourth-order valence-corrected chi connectivity index (χ4v) is 2.82. The molecule has 1 aliphatic rings. The van der Waals surface area contributed by atoms with Gasteiger partial charge >= 0.3 is 0 Å². The smallest absolute Gasteiger partial charge is 0.161 e. The lowest BCUT2D eigenvalue weighted by atomic mass is 9.83. The average molecular weight is 303 g/mol. The average Bonchev–Trinajstić information content (AvgIpc) is 2.38. The van der Waals surface area contributed by atoms with E-state index in [1.54, 1.807) is 0 Å². The molecule has 3 rings (SSSR count). The van der Waals surface area contributed by atoms with Gasteiger partial charge in [0.2, 0.25) is 0 Å². The van der Waals surface area contributed by atoms with Crippen molar-refractivity contribution in [2.45, 2.75) is 52.9 Å². The van der Waals surface area contributed by atoms with Crippen LogP contribution in [0.3, 0.4) is 0 Å². The summed E-state index contributed by atoms with van der Waals surface area (Å²) in [5.74, 6) is 1.34. The Labute approximate surface area is 132 Å². The third-order valence-electron chi connectivity index (χ3n) is 3.94. The van der Waals surface area contributed by atoms with Gasteiger partial charge in [-0.25, -0.2) is 9.97 Å². The van der Waals surface area contributed by atoms with Crippen LogP contribution in [0.15, 0.2) is 24.3 Å².